The van der Waals surface area contributed by atoms with E-state index in [9.17, 15) is 9.18 Å². The van der Waals surface area contributed by atoms with Crippen molar-refractivity contribution in [2.24, 2.45) is 0 Å². The van der Waals surface area contributed by atoms with Crippen molar-refractivity contribution in [2.45, 2.75) is 13.8 Å². The summed E-state index contributed by atoms with van der Waals surface area (Å²) in [7, 11) is 0. The first kappa shape index (κ1) is 6.34. The SMILES string of the molecule is CC(=O)/C=C(/C)F. The molecule has 0 spiro atoms. The Kier molecular flexibility index (Phi) is 2.27. The Hall–Kier alpha value is -0.660. The number of allylic oxidation sites excluding steroid dienone is 2. The second-order valence-corrected chi connectivity index (χ2v) is 1.34. The van der Waals surface area contributed by atoms with Crippen molar-refractivity contribution in [3.63, 3.8) is 0 Å². The minimum atomic E-state index is -0.437. The standard InChI is InChI=1S/C5H7FO/c1-4(6)3-5(2)7/h3H,1-2H3/b4-3-. The Morgan fingerprint density at radius 2 is 2.00 bits per heavy atom. The van der Waals surface area contributed by atoms with Gasteiger partial charge in [0.15, 0.2) is 5.78 Å². The molecule has 0 bridgehead atoms. The van der Waals surface area contributed by atoms with Gasteiger partial charge in [-0.25, -0.2) is 4.39 Å². The highest BCUT2D eigenvalue weighted by Gasteiger charge is 1.84. The van der Waals surface area contributed by atoms with E-state index in [0.29, 0.717) is 0 Å². The fourth-order valence-electron chi connectivity index (χ4n) is 0.280. The molecule has 0 atom stereocenters. The number of rotatable bonds is 1. The molecule has 0 aromatic heterocycles. The first-order valence-electron chi connectivity index (χ1n) is 1.97. The van der Waals surface area contributed by atoms with E-state index >= 15 is 0 Å². The van der Waals surface area contributed by atoms with Gasteiger partial charge in [0.1, 0.15) is 5.83 Å². The molecular formula is C5H7FO. The molecule has 0 aliphatic carbocycles. The summed E-state index contributed by atoms with van der Waals surface area (Å²) in [4.78, 5) is 9.94. The molecule has 0 unspecified atom stereocenters. The first-order valence-corrected chi connectivity index (χ1v) is 1.97. The van der Waals surface area contributed by atoms with E-state index < -0.39 is 5.83 Å². The zero-order valence-electron chi connectivity index (χ0n) is 4.36. The van der Waals surface area contributed by atoms with E-state index in [-0.39, 0.29) is 5.78 Å². The number of carbonyl (C=O) groups is 1. The normalized spacial score (nSPS) is 11.6. The van der Waals surface area contributed by atoms with E-state index in [1.54, 1.807) is 0 Å². The van der Waals surface area contributed by atoms with E-state index in [1.165, 1.54) is 13.8 Å². The fraction of sp³-hybridized carbons (Fsp3) is 0.400. The minimum absolute atomic E-state index is 0.250. The van der Waals surface area contributed by atoms with Crippen LogP contribution in [0.4, 0.5) is 4.39 Å². The first-order chi connectivity index (χ1) is 3.13. The van der Waals surface area contributed by atoms with Gasteiger partial charge in [0.05, 0.1) is 0 Å². The van der Waals surface area contributed by atoms with Crippen molar-refractivity contribution in [3.05, 3.63) is 11.9 Å². The molecule has 0 aliphatic heterocycles. The Labute approximate surface area is 41.8 Å². The zero-order valence-corrected chi connectivity index (χ0v) is 4.36. The molecule has 0 N–H and O–H groups in total. The van der Waals surface area contributed by atoms with Crippen molar-refractivity contribution in [1.82, 2.24) is 0 Å². The lowest BCUT2D eigenvalue weighted by atomic mass is 10.4. The summed E-state index contributed by atoms with van der Waals surface area (Å²) in [5.41, 5.74) is 0. The molecule has 0 aromatic carbocycles. The van der Waals surface area contributed by atoms with Gasteiger partial charge >= 0.3 is 0 Å². The van der Waals surface area contributed by atoms with Crippen LogP contribution >= 0.6 is 0 Å². The highest BCUT2D eigenvalue weighted by molar-refractivity contribution is 5.87. The summed E-state index contributed by atoms with van der Waals surface area (Å²) in [6, 6.07) is 0. The van der Waals surface area contributed by atoms with Crippen molar-refractivity contribution in [2.75, 3.05) is 0 Å². The summed E-state index contributed by atoms with van der Waals surface area (Å²) >= 11 is 0. The van der Waals surface area contributed by atoms with Crippen molar-refractivity contribution in [1.29, 1.82) is 0 Å². The molecule has 0 aromatic rings. The van der Waals surface area contributed by atoms with E-state index in [0.717, 1.165) is 6.08 Å². The lowest BCUT2D eigenvalue weighted by Crippen LogP contribution is -1.79. The molecule has 2 heteroatoms. The molecule has 0 fully saturated rings. The van der Waals surface area contributed by atoms with Crippen LogP contribution in [0.3, 0.4) is 0 Å². The van der Waals surface area contributed by atoms with Crippen molar-refractivity contribution < 1.29 is 9.18 Å². The van der Waals surface area contributed by atoms with Gasteiger partial charge in [-0.1, -0.05) is 0 Å². The van der Waals surface area contributed by atoms with Crippen LogP contribution in [0.1, 0.15) is 13.8 Å². The molecule has 0 saturated carbocycles. The topological polar surface area (TPSA) is 17.1 Å². The molecule has 0 radical (unpaired) electrons. The van der Waals surface area contributed by atoms with Gasteiger partial charge in [-0.2, -0.15) is 0 Å². The molecular weight excluding hydrogens is 95.1 g/mol. The van der Waals surface area contributed by atoms with Crippen LogP contribution in [0.25, 0.3) is 0 Å². The molecule has 0 saturated heterocycles. The number of hydrogen-bond acceptors (Lipinski definition) is 1. The van der Waals surface area contributed by atoms with Gasteiger partial charge in [-0.05, 0) is 13.8 Å². The third-order valence-corrected chi connectivity index (χ3v) is 0.402. The Balaban J connectivity index is 3.68. The number of ketones is 1. The number of halogens is 1. The largest absolute Gasteiger partial charge is 0.295 e. The second-order valence-electron chi connectivity index (χ2n) is 1.34. The number of hydrogen-bond donors (Lipinski definition) is 0. The maximum Gasteiger partial charge on any atom is 0.155 e. The molecule has 40 valence electrons. The van der Waals surface area contributed by atoms with Gasteiger partial charge in [-0.15, -0.1) is 0 Å². The van der Waals surface area contributed by atoms with Gasteiger partial charge < -0.3 is 0 Å². The van der Waals surface area contributed by atoms with Crippen LogP contribution in [0.2, 0.25) is 0 Å². The summed E-state index contributed by atoms with van der Waals surface area (Å²) in [5, 5.41) is 0. The predicted molar refractivity (Wildman–Crippen MR) is 25.5 cm³/mol. The fourth-order valence-corrected chi connectivity index (χ4v) is 0.280. The van der Waals surface area contributed by atoms with Crippen molar-refractivity contribution in [3.8, 4) is 0 Å². The minimum Gasteiger partial charge on any atom is -0.295 e. The Morgan fingerprint density at radius 1 is 1.57 bits per heavy atom. The maximum atomic E-state index is 11.6. The lowest BCUT2D eigenvalue weighted by molar-refractivity contribution is -0.112. The highest BCUT2D eigenvalue weighted by Crippen LogP contribution is 1.90. The van der Waals surface area contributed by atoms with Gasteiger partial charge in [0.25, 0.3) is 0 Å². The quantitative estimate of drug-likeness (QED) is 0.458. The van der Waals surface area contributed by atoms with E-state index in [1.807, 2.05) is 0 Å². The van der Waals surface area contributed by atoms with E-state index in [2.05, 4.69) is 0 Å². The van der Waals surface area contributed by atoms with Crippen LogP contribution < -0.4 is 0 Å². The zero-order chi connectivity index (χ0) is 5.86. The maximum absolute atomic E-state index is 11.6. The third-order valence-electron chi connectivity index (χ3n) is 0.402. The van der Waals surface area contributed by atoms with E-state index in [4.69, 9.17) is 0 Å². The molecule has 7 heavy (non-hydrogen) atoms. The second kappa shape index (κ2) is 2.50. The summed E-state index contributed by atoms with van der Waals surface area (Å²) < 4.78 is 11.6. The van der Waals surface area contributed by atoms with Crippen molar-refractivity contribution >= 4 is 5.78 Å². The molecule has 0 rings (SSSR count). The molecule has 1 nitrogen and oxygen atoms in total. The predicted octanol–water partition coefficient (Wildman–Crippen LogP) is 1.45. The van der Waals surface area contributed by atoms with Gasteiger partial charge in [0.2, 0.25) is 0 Å². The molecule has 0 aliphatic rings. The summed E-state index contributed by atoms with van der Waals surface area (Å²) in [5.74, 6) is -0.687. The smallest absolute Gasteiger partial charge is 0.155 e. The highest BCUT2D eigenvalue weighted by atomic mass is 19.1. The summed E-state index contributed by atoms with van der Waals surface area (Å²) in [6.07, 6.45) is 0.944. The number of carbonyl (C=O) groups excluding carboxylic acids is 1. The third kappa shape index (κ3) is 5.34. The summed E-state index contributed by atoms with van der Waals surface area (Å²) in [6.45, 7) is 2.55. The molecule has 0 heterocycles. The van der Waals surface area contributed by atoms with Gasteiger partial charge in [-0.3, -0.25) is 4.79 Å². The Bertz CT molecular complexity index is 101. The molecule has 0 amide bonds. The average Bonchev–Trinajstić information content (AvgIpc) is 1.27. The van der Waals surface area contributed by atoms with Crippen LogP contribution in [-0.2, 0) is 4.79 Å². The lowest BCUT2D eigenvalue weighted by Gasteiger charge is -1.76. The monoisotopic (exact) mass is 102 g/mol. The van der Waals surface area contributed by atoms with Crippen LogP contribution in [0.5, 0.6) is 0 Å². The van der Waals surface area contributed by atoms with Crippen LogP contribution in [-0.4, -0.2) is 5.78 Å². The van der Waals surface area contributed by atoms with Crippen LogP contribution in [0, 0.1) is 0 Å². The average molecular weight is 102 g/mol. The van der Waals surface area contributed by atoms with Crippen LogP contribution in [0.15, 0.2) is 11.9 Å². The van der Waals surface area contributed by atoms with Gasteiger partial charge in [0, 0.05) is 6.08 Å². The Morgan fingerprint density at radius 3 is 2.00 bits per heavy atom.